The first-order valence-electron chi connectivity index (χ1n) is 5.84. The Kier molecular flexibility index (Phi) is 2.95. The van der Waals surface area contributed by atoms with Gasteiger partial charge in [-0.3, -0.25) is 9.59 Å². The van der Waals surface area contributed by atoms with Crippen LogP contribution in [0.15, 0.2) is 22.9 Å². The highest BCUT2D eigenvalue weighted by Crippen LogP contribution is 2.23. The minimum absolute atomic E-state index is 0.0160. The summed E-state index contributed by atoms with van der Waals surface area (Å²) in [6, 6.07) is 0. The minimum atomic E-state index is -0.0160. The van der Waals surface area contributed by atoms with Gasteiger partial charge in [-0.2, -0.15) is 0 Å². The lowest BCUT2D eigenvalue weighted by atomic mass is 9.93. The van der Waals surface area contributed by atoms with Crippen molar-refractivity contribution in [3.8, 4) is 0 Å². The summed E-state index contributed by atoms with van der Waals surface area (Å²) >= 11 is 0. The number of ketones is 2. The van der Waals surface area contributed by atoms with Gasteiger partial charge in [0.15, 0.2) is 5.78 Å². The highest BCUT2D eigenvalue weighted by molar-refractivity contribution is 6.21. The number of allylic oxidation sites excluding steroid dienone is 3. The van der Waals surface area contributed by atoms with E-state index in [1.54, 1.807) is 13.8 Å². The number of piperidine rings is 1. The lowest BCUT2D eigenvalue weighted by Crippen LogP contribution is -2.35. The van der Waals surface area contributed by atoms with E-state index in [1.165, 1.54) is 12.5 Å². The molecule has 1 aliphatic carbocycles. The predicted octanol–water partition coefficient (Wildman–Crippen LogP) is 1.84. The van der Waals surface area contributed by atoms with E-state index in [-0.39, 0.29) is 11.6 Å². The smallest absolute Gasteiger partial charge is 0.205 e. The fraction of sp³-hybridized carbons (Fsp3) is 0.538. The van der Waals surface area contributed by atoms with Crippen LogP contribution in [0, 0.1) is 0 Å². The van der Waals surface area contributed by atoms with Crippen LogP contribution in [0.5, 0.6) is 0 Å². The van der Waals surface area contributed by atoms with E-state index in [2.05, 4.69) is 4.90 Å². The molecule has 0 amide bonds. The Hall–Kier alpha value is -1.38. The molecule has 0 aromatic heterocycles. The summed E-state index contributed by atoms with van der Waals surface area (Å²) < 4.78 is 0. The Bertz CT molecular complexity index is 398. The normalized spacial score (nSPS) is 22.6. The third-order valence-electron chi connectivity index (χ3n) is 3.47. The van der Waals surface area contributed by atoms with Crippen LogP contribution in [0.1, 0.15) is 33.1 Å². The highest BCUT2D eigenvalue weighted by Gasteiger charge is 2.27. The molecule has 3 heteroatoms. The van der Waals surface area contributed by atoms with Gasteiger partial charge in [0.05, 0.1) is 5.70 Å². The van der Waals surface area contributed by atoms with Crippen molar-refractivity contribution >= 4 is 11.6 Å². The second kappa shape index (κ2) is 4.24. The van der Waals surface area contributed by atoms with E-state index in [0.717, 1.165) is 25.9 Å². The molecule has 0 bridgehead atoms. The number of carbonyl (C=O) groups excluding carboxylic acids is 2. The molecular formula is C13H17NO2. The molecule has 1 heterocycles. The summed E-state index contributed by atoms with van der Waals surface area (Å²) in [5.74, 6) is 0.0108. The Morgan fingerprint density at radius 2 is 1.62 bits per heavy atom. The van der Waals surface area contributed by atoms with Crippen molar-refractivity contribution in [2.24, 2.45) is 0 Å². The van der Waals surface area contributed by atoms with Crippen LogP contribution in [0.25, 0.3) is 0 Å². The Labute approximate surface area is 95.8 Å². The molecular weight excluding hydrogens is 202 g/mol. The minimum Gasteiger partial charge on any atom is -0.368 e. The van der Waals surface area contributed by atoms with Crippen LogP contribution in [0.2, 0.25) is 0 Å². The first kappa shape index (κ1) is 11.1. The van der Waals surface area contributed by atoms with Gasteiger partial charge in [0.25, 0.3) is 0 Å². The maximum atomic E-state index is 12.1. The van der Waals surface area contributed by atoms with Crippen molar-refractivity contribution < 1.29 is 9.59 Å². The average molecular weight is 219 g/mol. The van der Waals surface area contributed by atoms with Crippen LogP contribution in [0.3, 0.4) is 0 Å². The number of rotatable bonds is 1. The summed E-state index contributed by atoms with van der Waals surface area (Å²) in [5, 5.41) is 0. The summed E-state index contributed by atoms with van der Waals surface area (Å²) in [6.45, 7) is 5.26. The number of hydrogen-bond acceptors (Lipinski definition) is 3. The van der Waals surface area contributed by atoms with Gasteiger partial charge in [-0.1, -0.05) is 0 Å². The Morgan fingerprint density at radius 3 is 2.25 bits per heavy atom. The number of carbonyl (C=O) groups is 2. The lowest BCUT2D eigenvalue weighted by molar-refractivity contribution is -0.117. The van der Waals surface area contributed by atoms with Crippen LogP contribution in [-0.2, 0) is 9.59 Å². The zero-order chi connectivity index (χ0) is 11.7. The van der Waals surface area contributed by atoms with E-state index in [0.29, 0.717) is 16.8 Å². The molecule has 0 unspecified atom stereocenters. The average Bonchev–Trinajstić information content (AvgIpc) is 2.32. The van der Waals surface area contributed by atoms with Gasteiger partial charge < -0.3 is 4.90 Å². The molecule has 2 rings (SSSR count). The van der Waals surface area contributed by atoms with Crippen LogP contribution in [-0.4, -0.2) is 29.6 Å². The van der Waals surface area contributed by atoms with E-state index < -0.39 is 0 Å². The standard InChI is InChI=1S/C13H17NO2/c1-9-10(2)13(16)11(8-12(9)15)14-6-4-3-5-7-14/h8H,3-7H2,1-2H3. The van der Waals surface area contributed by atoms with Crippen molar-refractivity contribution in [2.75, 3.05) is 13.1 Å². The fourth-order valence-corrected chi connectivity index (χ4v) is 2.21. The van der Waals surface area contributed by atoms with E-state index in [1.807, 2.05) is 0 Å². The van der Waals surface area contributed by atoms with Crippen molar-refractivity contribution in [1.82, 2.24) is 4.90 Å². The maximum absolute atomic E-state index is 12.1. The molecule has 16 heavy (non-hydrogen) atoms. The molecule has 0 aromatic rings. The molecule has 0 aromatic carbocycles. The summed E-state index contributed by atoms with van der Waals surface area (Å²) in [6.07, 6.45) is 4.96. The van der Waals surface area contributed by atoms with Crippen molar-refractivity contribution in [1.29, 1.82) is 0 Å². The molecule has 3 nitrogen and oxygen atoms in total. The fourth-order valence-electron chi connectivity index (χ4n) is 2.21. The molecule has 0 radical (unpaired) electrons. The molecule has 1 fully saturated rings. The second-order valence-electron chi connectivity index (χ2n) is 4.52. The highest BCUT2D eigenvalue weighted by atomic mass is 16.1. The number of Topliss-reactive ketones (excluding diaryl/α,β-unsaturated/α-hetero) is 1. The molecule has 86 valence electrons. The SMILES string of the molecule is CC1=C(C)C(=O)C(N2CCCCC2)=CC1=O. The Balaban J connectivity index is 2.26. The second-order valence-corrected chi connectivity index (χ2v) is 4.52. The van der Waals surface area contributed by atoms with Crippen molar-refractivity contribution in [2.45, 2.75) is 33.1 Å². The third-order valence-corrected chi connectivity index (χ3v) is 3.47. The van der Waals surface area contributed by atoms with Gasteiger partial charge in [0, 0.05) is 30.3 Å². The number of hydrogen-bond donors (Lipinski definition) is 0. The Morgan fingerprint density at radius 1 is 1.00 bits per heavy atom. The van der Waals surface area contributed by atoms with E-state index in [9.17, 15) is 9.59 Å². The first-order chi connectivity index (χ1) is 7.61. The lowest BCUT2D eigenvalue weighted by Gasteiger charge is -2.31. The van der Waals surface area contributed by atoms with Crippen LogP contribution >= 0.6 is 0 Å². The van der Waals surface area contributed by atoms with Gasteiger partial charge in [0.2, 0.25) is 5.78 Å². The summed E-state index contributed by atoms with van der Waals surface area (Å²) in [7, 11) is 0. The largest absolute Gasteiger partial charge is 0.368 e. The monoisotopic (exact) mass is 219 g/mol. The molecule has 0 N–H and O–H groups in total. The van der Waals surface area contributed by atoms with E-state index >= 15 is 0 Å². The molecule has 0 atom stereocenters. The van der Waals surface area contributed by atoms with Crippen molar-refractivity contribution in [3.63, 3.8) is 0 Å². The third kappa shape index (κ3) is 1.82. The molecule has 1 aliphatic heterocycles. The topological polar surface area (TPSA) is 37.4 Å². The number of likely N-dealkylation sites (tertiary alicyclic amines) is 1. The van der Waals surface area contributed by atoms with Gasteiger partial charge in [-0.15, -0.1) is 0 Å². The van der Waals surface area contributed by atoms with Crippen LogP contribution < -0.4 is 0 Å². The number of nitrogens with zero attached hydrogens (tertiary/aromatic N) is 1. The van der Waals surface area contributed by atoms with Gasteiger partial charge in [-0.05, 0) is 33.1 Å². The zero-order valence-electron chi connectivity index (χ0n) is 9.88. The van der Waals surface area contributed by atoms with E-state index in [4.69, 9.17) is 0 Å². The molecule has 1 saturated heterocycles. The van der Waals surface area contributed by atoms with Gasteiger partial charge in [0.1, 0.15) is 0 Å². The molecule has 0 spiro atoms. The quantitative estimate of drug-likeness (QED) is 0.631. The first-order valence-corrected chi connectivity index (χ1v) is 5.84. The van der Waals surface area contributed by atoms with Gasteiger partial charge in [-0.25, -0.2) is 0 Å². The molecule has 0 saturated carbocycles. The van der Waals surface area contributed by atoms with Crippen LogP contribution in [0.4, 0.5) is 0 Å². The maximum Gasteiger partial charge on any atom is 0.205 e. The molecule has 2 aliphatic rings. The predicted molar refractivity (Wildman–Crippen MR) is 61.9 cm³/mol. The van der Waals surface area contributed by atoms with Crippen molar-refractivity contribution in [3.05, 3.63) is 22.9 Å². The zero-order valence-corrected chi connectivity index (χ0v) is 9.88. The summed E-state index contributed by atoms with van der Waals surface area (Å²) in [4.78, 5) is 25.8. The van der Waals surface area contributed by atoms with Gasteiger partial charge >= 0.3 is 0 Å². The summed E-state index contributed by atoms with van der Waals surface area (Å²) in [5.41, 5.74) is 1.80.